The minimum atomic E-state index is -0.611. The minimum Gasteiger partial charge on any atom is -0.346 e. The molecule has 2 nitrogen and oxygen atoms in total. The van der Waals surface area contributed by atoms with Gasteiger partial charge in [0.2, 0.25) is 5.91 Å². The molecule has 1 N–H and O–H groups in total. The molecule has 0 spiro atoms. The van der Waals surface area contributed by atoms with Crippen molar-refractivity contribution in [3.05, 3.63) is 75.9 Å². The minimum absolute atomic E-state index is 0.0191. The summed E-state index contributed by atoms with van der Waals surface area (Å²) < 4.78 is 27.5. The van der Waals surface area contributed by atoms with Crippen LogP contribution >= 0.6 is 0 Å². The molecule has 0 unspecified atom stereocenters. The summed E-state index contributed by atoms with van der Waals surface area (Å²) in [7, 11) is 0. The molecule has 0 saturated heterocycles. The summed E-state index contributed by atoms with van der Waals surface area (Å²) >= 11 is 0. The fourth-order valence-electron chi connectivity index (χ4n) is 3.15. The number of carbonyl (C=O) groups is 1. The molecule has 1 atom stereocenters. The van der Waals surface area contributed by atoms with Gasteiger partial charge in [0, 0.05) is 11.6 Å². The van der Waals surface area contributed by atoms with E-state index in [1.54, 1.807) is 13.0 Å². The van der Waals surface area contributed by atoms with E-state index in [-0.39, 0.29) is 16.9 Å². The Morgan fingerprint density at radius 3 is 2.31 bits per heavy atom. The SMILES string of the molecule is CCCc1cc(C(C)(C)C)ccc1/C=C/C(=O)N[C@H](C)c1cc(F)c(C)c(F)c1. The van der Waals surface area contributed by atoms with Crippen LogP contribution in [0.25, 0.3) is 6.08 Å². The zero-order valence-corrected chi connectivity index (χ0v) is 18.2. The monoisotopic (exact) mass is 399 g/mol. The Morgan fingerprint density at radius 2 is 1.76 bits per heavy atom. The predicted molar refractivity (Wildman–Crippen MR) is 116 cm³/mol. The topological polar surface area (TPSA) is 29.1 Å². The molecule has 2 aromatic carbocycles. The van der Waals surface area contributed by atoms with Crippen LogP contribution in [0.5, 0.6) is 0 Å². The first kappa shape index (κ1) is 22.8. The van der Waals surface area contributed by atoms with Crippen molar-refractivity contribution in [2.24, 2.45) is 0 Å². The highest BCUT2D eigenvalue weighted by atomic mass is 19.1. The van der Waals surface area contributed by atoms with Crippen molar-refractivity contribution in [2.45, 2.75) is 65.8 Å². The van der Waals surface area contributed by atoms with Gasteiger partial charge in [0.1, 0.15) is 11.6 Å². The maximum absolute atomic E-state index is 13.8. The van der Waals surface area contributed by atoms with E-state index in [1.165, 1.54) is 36.3 Å². The first-order chi connectivity index (χ1) is 13.5. The molecule has 156 valence electrons. The number of aryl methyl sites for hydroxylation is 1. The second kappa shape index (κ2) is 9.34. The van der Waals surface area contributed by atoms with Gasteiger partial charge >= 0.3 is 0 Å². The molecule has 0 aliphatic carbocycles. The quantitative estimate of drug-likeness (QED) is 0.559. The Labute approximate surface area is 173 Å². The van der Waals surface area contributed by atoms with E-state index >= 15 is 0 Å². The average Bonchev–Trinajstić information content (AvgIpc) is 2.64. The van der Waals surface area contributed by atoms with Crippen LogP contribution in [-0.4, -0.2) is 5.91 Å². The van der Waals surface area contributed by atoms with E-state index in [0.29, 0.717) is 5.56 Å². The third-order valence-electron chi connectivity index (χ3n) is 5.10. The van der Waals surface area contributed by atoms with Crippen LogP contribution in [-0.2, 0) is 16.6 Å². The van der Waals surface area contributed by atoms with Gasteiger partial charge < -0.3 is 5.32 Å². The van der Waals surface area contributed by atoms with Crippen molar-refractivity contribution in [3.63, 3.8) is 0 Å². The number of halogens is 2. The summed E-state index contributed by atoms with van der Waals surface area (Å²) in [5.74, 6) is -1.53. The van der Waals surface area contributed by atoms with Gasteiger partial charge in [0.05, 0.1) is 6.04 Å². The Morgan fingerprint density at radius 1 is 1.14 bits per heavy atom. The molecule has 0 aliphatic heterocycles. The molecule has 0 saturated carbocycles. The van der Waals surface area contributed by atoms with Gasteiger partial charge in [-0.15, -0.1) is 0 Å². The standard InChI is InChI=1S/C25H31F2NO/c1-7-8-19-13-21(25(4,5)6)11-9-18(19)10-12-24(29)28-17(3)20-14-22(26)16(2)23(27)15-20/h9-15,17H,7-8H2,1-6H3,(H,28,29)/b12-10+/t17-/m1/s1. The van der Waals surface area contributed by atoms with Crippen LogP contribution in [0.15, 0.2) is 36.4 Å². The molecular formula is C25H31F2NO. The second-order valence-electron chi connectivity index (χ2n) is 8.59. The number of hydrogen-bond donors (Lipinski definition) is 1. The molecule has 0 aliphatic rings. The number of benzene rings is 2. The first-order valence-electron chi connectivity index (χ1n) is 10.1. The first-order valence-corrected chi connectivity index (χ1v) is 10.1. The predicted octanol–water partition coefficient (Wildman–Crippen LogP) is 6.41. The highest BCUT2D eigenvalue weighted by molar-refractivity contribution is 5.92. The van der Waals surface area contributed by atoms with Crippen LogP contribution in [0.3, 0.4) is 0 Å². The number of carbonyl (C=O) groups excluding carboxylic acids is 1. The fourth-order valence-corrected chi connectivity index (χ4v) is 3.15. The Hall–Kier alpha value is -2.49. The molecule has 4 heteroatoms. The maximum Gasteiger partial charge on any atom is 0.244 e. The lowest BCUT2D eigenvalue weighted by Gasteiger charge is -2.21. The van der Waals surface area contributed by atoms with Crippen LogP contribution in [0.2, 0.25) is 0 Å². The molecular weight excluding hydrogens is 368 g/mol. The van der Waals surface area contributed by atoms with Gasteiger partial charge in [-0.25, -0.2) is 8.78 Å². The van der Waals surface area contributed by atoms with Gasteiger partial charge in [-0.3, -0.25) is 4.79 Å². The van der Waals surface area contributed by atoms with Crippen molar-refractivity contribution < 1.29 is 13.6 Å². The molecule has 1 amide bonds. The Balaban J connectivity index is 2.16. The van der Waals surface area contributed by atoms with E-state index in [0.717, 1.165) is 18.4 Å². The van der Waals surface area contributed by atoms with Gasteiger partial charge in [-0.2, -0.15) is 0 Å². The lowest BCUT2D eigenvalue weighted by molar-refractivity contribution is -0.117. The van der Waals surface area contributed by atoms with Crippen molar-refractivity contribution in [1.29, 1.82) is 0 Å². The molecule has 0 fully saturated rings. The number of hydrogen-bond acceptors (Lipinski definition) is 1. The molecule has 2 rings (SSSR count). The van der Waals surface area contributed by atoms with Crippen molar-refractivity contribution in [1.82, 2.24) is 5.32 Å². The van der Waals surface area contributed by atoms with Crippen LogP contribution < -0.4 is 5.32 Å². The average molecular weight is 400 g/mol. The fraction of sp³-hybridized carbons (Fsp3) is 0.400. The summed E-state index contributed by atoms with van der Waals surface area (Å²) in [5, 5.41) is 2.77. The molecule has 2 aromatic rings. The largest absolute Gasteiger partial charge is 0.346 e. The van der Waals surface area contributed by atoms with E-state index in [1.807, 2.05) is 6.07 Å². The lowest BCUT2D eigenvalue weighted by atomic mass is 9.84. The van der Waals surface area contributed by atoms with Crippen LogP contribution in [0.4, 0.5) is 8.78 Å². The van der Waals surface area contributed by atoms with E-state index in [9.17, 15) is 13.6 Å². The zero-order chi connectivity index (χ0) is 21.8. The molecule has 0 bridgehead atoms. The van der Waals surface area contributed by atoms with Crippen LogP contribution in [0, 0.1) is 18.6 Å². The Bertz CT molecular complexity index is 887. The van der Waals surface area contributed by atoms with Gasteiger partial charge in [-0.05, 0) is 66.1 Å². The summed E-state index contributed by atoms with van der Waals surface area (Å²) in [4.78, 5) is 12.3. The number of nitrogens with one attached hydrogen (secondary N) is 1. The second-order valence-corrected chi connectivity index (χ2v) is 8.59. The maximum atomic E-state index is 13.8. The Kier molecular flexibility index (Phi) is 7.34. The molecule has 0 aromatic heterocycles. The number of amides is 1. The smallest absolute Gasteiger partial charge is 0.244 e. The van der Waals surface area contributed by atoms with Crippen molar-refractivity contribution in [2.75, 3.05) is 0 Å². The van der Waals surface area contributed by atoms with Gasteiger partial charge in [0.25, 0.3) is 0 Å². The highest BCUT2D eigenvalue weighted by Gasteiger charge is 2.15. The van der Waals surface area contributed by atoms with E-state index in [2.05, 4.69) is 45.1 Å². The van der Waals surface area contributed by atoms with Crippen molar-refractivity contribution >= 4 is 12.0 Å². The highest BCUT2D eigenvalue weighted by Crippen LogP contribution is 2.26. The molecule has 29 heavy (non-hydrogen) atoms. The molecule has 0 radical (unpaired) electrons. The molecule has 0 heterocycles. The third-order valence-corrected chi connectivity index (χ3v) is 5.10. The third kappa shape index (κ3) is 5.99. The van der Waals surface area contributed by atoms with Crippen LogP contribution in [0.1, 0.15) is 74.9 Å². The van der Waals surface area contributed by atoms with Gasteiger partial charge in [0.15, 0.2) is 0 Å². The number of rotatable bonds is 6. The zero-order valence-electron chi connectivity index (χ0n) is 18.2. The van der Waals surface area contributed by atoms with Crippen molar-refractivity contribution in [3.8, 4) is 0 Å². The summed E-state index contributed by atoms with van der Waals surface area (Å²) in [6.45, 7) is 11.8. The van der Waals surface area contributed by atoms with Gasteiger partial charge in [-0.1, -0.05) is 52.3 Å². The van der Waals surface area contributed by atoms with E-state index < -0.39 is 17.7 Å². The summed E-state index contributed by atoms with van der Waals surface area (Å²) in [5.41, 5.74) is 3.92. The normalized spacial score (nSPS) is 13.0. The lowest BCUT2D eigenvalue weighted by Crippen LogP contribution is -2.25. The summed E-state index contributed by atoms with van der Waals surface area (Å²) in [6, 6.07) is 8.37. The summed E-state index contributed by atoms with van der Waals surface area (Å²) in [6.07, 6.45) is 5.23. The van der Waals surface area contributed by atoms with E-state index in [4.69, 9.17) is 0 Å².